The first-order chi connectivity index (χ1) is 8.72. The van der Waals surface area contributed by atoms with Crippen molar-refractivity contribution in [3.63, 3.8) is 0 Å². The molecule has 1 aliphatic carbocycles. The van der Waals surface area contributed by atoms with Crippen molar-refractivity contribution in [3.8, 4) is 0 Å². The summed E-state index contributed by atoms with van der Waals surface area (Å²) in [5, 5.41) is 9.30. The molecule has 1 aromatic carbocycles. The quantitative estimate of drug-likeness (QED) is 0.899. The van der Waals surface area contributed by atoms with E-state index in [1.54, 1.807) is 12.1 Å². The molecule has 0 unspecified atom stereocenters. The van der Waals surface area contributed by atoms with E-state index in [4.69, 9.17) is 0 Å². The average molecular weight is 244 g/mol. The molecule has 18 heavy (non-hydrogen) atoms. The standard InChI is InChI=1S/C14H16N2O2/c1-2-8-16-12-10(14(17)18)4-3-5-11(12)15-13(16)9-6-7-9/h3-5,9H,2,6-8H2,1H3,(H,17,18). The second kappa shape index (κ2) is 4.12. The highest BCUT2D eigenvalue weighted by atomic mass is 16.4. The largest absolute Gasteiger partial charge is 0.478 e. The second-order valence-electron chi connectivity index (χ2n) is 4.87. The van der Waals surface area contributed by atoms with Crippen LogP contribution in [0.4, 0.5) is 0 Å². The number of benzene rings is 1. The number of para-hydroxylation sites is 1. The average Bonchev–Trinajstić information content (AvgIpc) is 3.13. The number of rotatable bonds is 4. The normalized spacial score (nSPS) is 15.2. The van der Waals surface area contributed by atoms with E-state index in [0.29, 0.717) is 11.5 Å². The minimum atomic E-state index is -0.875. The summed E-state index contributed by atoms with van der Waals surface area (Å²) in [7, 11) is 0. The lowest BCUT2D eigenvalue weighted by Gasteiger charge is -2.08. The zero-order chi connectivity index (χ0) is 12.7. The zero-order valence-electron chi connectivity index (χ0n) is 10.4. The van der Waals surface area contributed by atoms with Crippen LogP contribution in [-0.2, 0) is 6.54 Å². The number of hydrogen-bond donors (Lipinski definition) is 1. The van der Waals surface area contributed by atoms with Gasteiger partial charge in [-0.05, 0) is 31.4 Å². The predicted octanol–water partition coefficient (Wildman–Crippen LogP) is 3.02. The SMILES string of the molecule is CCCn1c(C2CC2)nc2cccc(C(=O)O)c21. The molecule has 0 atom stereocenters. The topological polar surface area (TPSA) is 55.1 Å². The second-order valence-corrected chi connectivity index (χ2v) is 4.87. The fraction of sp³-hybridized carbons (Fsp3) is 0.429. The van der Waals surface area contributed by atoms with E-state index in [9.17, 15) is 9.90 Å². The van der Waals surface area contributed by atoms with Crippen molar-refractivity contribution >= 4 is 17.0 Å². The van der Waals surface area contributed by atoms with Crippen molar-refractivity contribution in [2.24, 2.45) is 0 Å². The van der Waals surface area contributed by atoms with Crippen LogP contribution < -0.4 is 0 Å². The molecule has 4 nitrogen and oxygen atoms in total. The number of carboxylic acids is 1. The minimum Gasteiger partial charge on any atom is -0.478 e. The molecule has 0 aliphatic heterocycles. The first kappa shape index (κ1) is 11.3. The Hall–Kier alpha value is -1.84. The number of imidazole rings is 1. The van der Waals surface area contributed by atoms with Crippen molar-refractivity contribution in [2.45, 2.75) is 38.6 Å². The van der Waals surface area contributed by atoms with Gasteiger partial charge in [0.05, 0.1) is 16.6 Å². The molecule has 0 amide bonds. The molecular formula is C14H16N2O2. The van der Waals surface area contributed by atoms with Gasteiger partial charge in [0, 0.05) is 12.5 Å². The van der Waals surface area contributed by atoms with Crippen molar-refractivity contribution < 1.29 is 9.90 Å². The van der Waals surface area contributed by atoms with Gasteiger partial charge in [0.15, 0.2) is 0 Å². The van der Waals surface area contributed by atoms with E-state index in [1.165, 1.54) is 12.8 Å². The maximum Gasteiger partial charge on any atom is 0.337 e. The molecule has 0 radical (unpaired) electrons. The molecule has 1 aliphatic rings. The van der Waals surface area contributed by atoms with Crippen LogP contribution in [0.1, 0.15) is 48.3 Å². The molecule has 1 N–H and O–H groups in total. The Morgan fingerprint density at radius 1 is 1.50 bits per heavy atom. The summed E-state index contributed by atoms with van der Waals surface area (Å²) in [5.41, 5.74) is 1.96. The summed E-state index contributed by atoms with van der Waals surface area (Å²) < 4.78 is 2.11. The fourth-order valence-corrected chi connectivity index (χ4v) is 2.48. The number of aryl methyl sites for hydroxylation is 1. The highest BCUT2D eigenvalue weighted by Crippen LogP contribution is 2.41. The van der Waals surface area contributed by atoms with Crippen LogP contribution in [0.2, 0.25) is 0 Å². The van der Waals surface area contributed by atoms with Gasteiger partial charge >= 0.3 is 5.97 Å². The van der Waals surface area contributed by atoms with Gasteiger partial charge in [0.25, 0.3) is 0 Å². The van der Waals surface area contributed by atoms with Gasteiger partial charge < -0.3 is 9.67 Å². The Balaban J connectivity index is 2.28. The number of carbonyl (C=O) groups is 1. The molecule has 1 fully saturated rings. The molecule has 0 bridgehead atoms. The van der Waals surface area contributed by atoms with E-state index >= 15 is 0 Å². The molecular weight excluding hydrogens is 228 g/mol. The van der Waals surface area contributed by atoms with Crippen molar-refractivity contribution in [1.29, 1.82) is 0 Å². The monoisotopic (exact) mass is 244 g/mol. The molecule has 1 aromatic heterocycles. The van der Waals surface area contributed by atoms with E-state index in [-0.39, 0.29) is 0 Å². The van der Waals surface area contributed by atoms with Crippen molar-refractivity contribution in [1.82, 2.24) is 9.55 Å². The molecule has 1 heterocycles. The van der Waals surface area contributed by atoms with Crippen LogP contribution in [0.25, 0.3) is 11.0 Å². The van der Waals surface area contributed by atoms with Crippen LogP contribution >= 0.6 is 0 Å². The van der Waals surface area contributed by atoms with Gasteiger partial charge in [-0.3, -0.25) is 0 Å². The number of fused-ring (bicyclic) bond motifs is 1. The van der Waals surface area contributed by atoms with E-state index in [1.807, 2.05) is 6.07 Å². The third-order valence-electron chi connectivity index (χ3n) is 3.42. The van der Waals surface area contributed by atoms with Crippen LogP contribution in [0, 0.1) is 0 Å². The Bertz CT molecular complexity index is 612. The summed E-state index contributed by atoms with van der Waals surface area (Å²) in [6.07, 6.45) is 3.34. The molecule has 4 heteroatoms. The third kappa shape index (κ3) is 1.68. The lowest BCUT2D eigenvalue weighted by molar-refractivity contribution is 0.0698. The number of nitrogens with zero attached hydrogens (tertiary/aromatic N) is 2. The number of hydrogen-bond acceptors (Lipinski definition) is 2. The highest BCUT2D eigenvalue weighted by molar-refractivity contribution is 6.01. The maximum atomic E-state index is 11.3. The van der Waals surface area contributed by atoms with E-state index in [0.717, 1.165) is 29.8 Å². The summed E-state index contributed by atoms with van der Waals surface area (Å²) in [5.74, 6) is 0.728. The van der Waals surface area contributed by atoms with E-state index in [2.05, 4.69) is 16.5 Å². The van der Waals surface area contributed by atoms with Gasteiger partial charge in [-0.2, -0.15) is 0 Å². The van der Waals surface area contributed by atoms with Gasteiger partial charge in [-0.15, -0.1) is 0 Å². The van der Waals surface area contributed by atoms with Crippen LogP contribution in [0.15, 0.2) is 18.2 Å². The molecule has 1 saturated carbocycles. The number of aromatic nitrogens is 2. The van der Waals surface area contributed by atoms with Crippen LogP contribution in [-0.4, -0.2) is 20.6 Å². The van der Waals surface area contributed by atoms with Gasteiger partial charge in [0.2, 0.25) is 0 Å². The van der Waals surface area contributed by atoms with E-state index < -0.39 is 5.97 Å². The molecule has 0 spiro atoms. The zero-order valence-corrected chi connectivity index (χ0v) is 10.4. The summed E-state index contributed by atoms with van der Waals surface area (Å²) in [6.45, 7) is 2.94. The Morgan fingerprint density at radius 3 is 2.89 bits per heavy atom. The third-order valence-corrected chi connectivity index (χ3v) is 3.42. The molecule has 2 aromatic rings. The predicted molar refractivity (Wildman–Crippen MR) is 69.0 cm³/mol. The number of carboxylic acid groups (broad SMARTS) is 1. The molecule has 3 rings (SSSR count). The van der Waals surface area contributed by atoms with Gasteiger partial charge in [0.1, 0.15) is 5.82 Å². The fourth-order valence-electron chi connectivity index (χ4n) is 2.48. The summed E-state index contributed by atoms with van der Waals surface area (Å²) >= 11 is 0. The van der Waals surface area contributed by atoms with Crippen LogP contribution in [0.5, 0.6) is 0 Å². The maximum absolute atomic E-state index is 11.3. The summed E-state index contributed by atoms with van der Waals surface area (Å²) in [6, 6.07) is 5.33. The highest BCUT2D eigenvalue weighted by Gasteiger charge is 2.30. The summed E-state index contributed by atoms with van der Waals surface area (Å²) in [4.78, 5) is 16.0. The van der Waals surface area contributed by atoms with Gasteiger partial charge in [-0.1, -0.05) is 13.0 Å². The smallest absolute Gasteiger partial charge is 0.337 e. The van der Waals surface area contributed by atoms with Gasteiger partial charge in [-0.25, -0.2) is 9.78 Å². The first-order valence-corrected chi connectivity index (χ1v) is 6.44. The number of aromatic carboxylic acids is 1. The lowest BCUT2D eigenvalue weighted by Crippen LogP contribution is -2.06. The lowest BCUT2D eigenvalue weighted by atomic mass is 10.2. The minimum absolute atomic E-state index is 0.361. The molecule has 94 valence electrons. The first-order valence-electron chi connectivity index (χ1n) is 6.44. The Morgan fingerprint density at radius 2 is 2.28 bits per heavy atom. The van der Waals surface area contributed by atoms with Crippen molar-refractivity contribution in [2.75, 3.05) is 0 Å². The Kier molecular flexibility index (Phi) is 2.58. The Labute approximate surface area is 105 Å². The molecule has 0 saturated heterocycles. The van der Waals surface area contributed by atoms with Crippen molar-refractivity contribution in [3.05, 3.63) is 29.6 Å². The van der Waals surface area contributed by atoms with Crippen LogP contribution in [0.3, 0.4) is 0 Å².